The maximum atomic E-state index is 11.9. The van der Waals surface area contributed by atoms with Crippen LogP contribution in [0.5, 0.6) is 11.5 Å². The van der Waals surface area contributed by atoms with Crippen molar-refractivity contribution in [2.24, 2.45) is 0 Å². The summed E-state index contributed by atoms with van der Waals surface area (Å²) in [6, 6.07) is 12.7. The number of methoxy groups -OCH3 is 1. The van der Waals surface area contributed by atoms with Gasteiger partial charge in [0.05, 0.1) is 13.7 Å². The molecular weight excluding hydrogens is 284 g/mol. The second kappa shape index (κ2) is 6.34. The number of nitrogens with zero attached hydrogens (tertiary/aromatic N) is 2. The van der Waals surface area contributed by atoms with E-state index in [0.29, 0.717) is 23.9 Å². The zero-order valence-electron chi connectivity index (χ0n) is 12.1. The number of hydrogen-bond donors (Lipinski definition) is 0. The van der Waals surface area contributed by atoms with E-state index in [1.807, 2.05) is 30.3 Å². The minimum absolute atomic E-state index is 0.259. The van der Waals surface area contributed by atoms with Crippen molar-refractivity contribution in [3.05, 3.63) is 48.7 Å². The minimum Gasteiger partial charge on any atom is -0.493 e. The molecule has 6 heteroatoms. The maximum Gasteiger partial charge on any atom is 0.416 e. The van der Waals surface area contributed by atoms with E-state index in [1.54, 1.807) is 25.4 Å². The molecule has 0 bridgehead atoms. The molecule has 2 heterocycles. The first-order chi connectivity index (χ1) is 10.8. The van der Waals surface area contributed by atoms with E-state index in [4.69, 9.17) is 14.2 Å². The fourth-order valence-corrected chi connectivity index (χ4v) is 2.23. The van der Waals surface area contributed by atoms with Crippen LogP contribution in [-0.2, 0) is 4.74 Å². The predicted octanol–water partition coefficient (Wildman–Crippen LogP) is 2.49. The van der Waals surface area contributed by atoms with Gasteiger partial charge in [0.1, 0.15) is 12.4 Å². The number of benzene rings is 1. The van der Waals surface area contributed by atoms with Gasteiger partial charge in [-0.3, -0.25) is 4.90 Å². The molecular formula is C16H16N2O4. The number of hydrogen-bond acceptors (Lipinski definition) is 5. The second-order valence-electron chi connectivity index (χ2n) is 4.77. The standard InChI is InChI=1S/C16H16N2O4/c1-20-13-6-2-3-7-14(13)21-11-12-10-18(16(19)22-12)15-8-4-5-9-17-15/h2-9,12H,10-11H2,1H3. The SMILES string of the molecule is COc1ccccc1OCC1CN(c2ccccn2)C(=O)O1. The molecule has 0 saturated carbocycles. The Morgan fingerprint density at radius 2 is 2.00 bits per heavy atom. The number of cyclic esters (lactones) is 1. The van der Waals surface area contributed by atoms with E-state index in [9.17, 15) is 4.79 Å². The van der Waals surface area contributed by atoms with Crippen molar-refractivity contribution < 1.29 is 19.0 Å². The van der Waals surface area contributed by atoms with Crippen LogP contribution in [0, 0.1) is 0 Å². The molecule has 1 amide bonds. The fourth-order valence-electron chi connectivity index (χ4n) is 2.23. The zero-order valence-corrected chi connectivity index (χ0v) is 12.1. The van der Waals surface area contributed by atoms with Gasteiger partial charge in [-0.2, -0.15) is 0 Å². The highest BCUT2D eigenvalue weighted by atomic mass is 16.6. The molecule has 1 fully saturated rings. The molecule has 114 valence electrons. The van der Waals surface area contributed by atoms with E-state index in [-0.39, 0.29) is 12.7 Å². The molecule has 6 nitrogen and oxygen atoms in total. The molecule has 1 aliphatic rings. The van der Waals surface area contributed by atoms with Crippen LogP contribution in [0.4, 0.5) is 10.6 Å². The molecule has 1 aromatic carbocycles. The van der Waals surface area contributed by atoms with Crippen LogP contribution in [0.25, 0.3) is 0 Å². The third-order valence-corrected chi connectivity index (χ3v) is 3.29. The highest BCUT2D eigenvalue weighted by molar-refractivity contribution is 5.88. The molecule has 1 aromatic heterocycles. The average molecular weight is 300 g/mol. The van der Waals surface area contributed by atoms with Gasteiger partial charge in [0.25, 0.3) is 0 Å². The van der Waals surface area contributed by atoms with Crippen molar-refractivity contribution in [3.63, 3.8) is 0 Å². The number of carbonyl (C=O) groups excluding carboxylic acids is 1. The first-order valence-electron chi connectivity index (χ1n) is 6.93. The lowest BCUT2D eigenvalue weighted by Gasteiger charge is -2.13. The van der Waals surface area contributed by atoms with Crippen LogP contribution in [-0.4, -0.2) is 37.4 Å². The maximum absolute atomic E-state index is 11.9. The lowest BCUT2D eigenvalue weighted by atomic mass is 10.3. The zero-order chi connectivity index (χ0) is 15.4. The Morgan fingerprint density at radius 3 is 2.73 bits per heavy atom. The minimum atomic E-state index is -0.410. The van der Waals surface area contributed by atoms with Crippen molar-refractivity contribution in [1.29, 1.82) is 0 Å². The van der Waals surface area contributed by atoms with Gasteiger partial charge in [0, 0.05) is 6.20 Å². The normalized spacial score (nSPS) is 17.2. The Labute approximate surface area is 128 Å². The first kappa shape index (κ1) is 14.2. The molecule has 0 N–H and O–H groups in total. The van der Waals surface area contributed by atoms with Crippen molar-refractivity contribution in [1.82, 2.24) is 4.98 Å². The number of anilines is 1. The second-order valence-corrected chi connectivity index (χ2v) is 4.77. The number of pyridine rings is 1. The summed E-state index contributed by atoms with van der Waals surface area (Å²) in [7, 11) is 1.58. The van der Waals surface area contributed by atoms with Crippen molar-refractivity contribution in [3.8, 4) is 11.5 Å². The van der Waals surface area contributed by atoms with E-state index < -0.39 is 6.09 Å². The van der Waals surface area contributed by atoms with Gasteiger partial charge in [0.15, 0.2) is 17.6 Å². The van der Waals surface area contributed by atoms with Crippen LogP contribution in [0.3, 0.4) is 0 Å². The fraction of sp³-hybridized carbons (Fsp3) is 0.250. The molecule has 1 aliphatic heterocycles. The van der Waals surface area contributed by atoms with Gasteiger partial charge in [-0.1, -0.05) is 18.2 Å². The molecule has 0 spiro atoms. The molecule has 2 aromatic rings. The van der Waals surface area contributed by atoms with E-state index in [2.05, 4.69) is 4.98 Å². The summed E-state index contributed by atoms with van der Waals surface area (Å²) in [6.45, 7) is 0.667. The number of carbonyl (C=O) groups is 1. The molecule has 0 radical (unpaired) electrons. The van der Waals surface area contributed by atoms with Crippen molar-refractivity contribution >= 4 is 11.9 Å². The number of aromatic nitrogens is 1. The smallest absolute Gasteiger partial charge is 0.416 e. The van der Waals surface area contributed by atoms with Gasteiger partial charge in [-0.05, 0) is 24.3 Å². The van der Waals surface area contributed by atoms with Crippen molar-refractivity contribution in [2.75, 3.05) is 25.2 Å². The van der Waals surface area contributed by atoms with E-state index >= 15 is 0 Å². The monoisotopic (exact) mass is 300 g/mol. The molecule has 1 unspecified atom stereocenters. The molecule has 1 saturated heterocycles. The topological polar surface area (TPSA) is 60.9 Å². The highest BCUT2D eigenvalue weighted by Gasteiger charge is 2.33. The highest BCUT2D eigenvalue weighted by Crippen LogP contribution is 2.27. The summed E-state index contributed by atoms with van der Waals surface area (Å²) < 4.78 is 16.2. The number of ether oxygens (including phenoxy) is 3. The quantitative estimate of drug-likeness (QED) is 0.849. The summed E-state index contributed by atoms with van der Waals surface area (Å²) in [6.07, 6.45) is 0.883. The Balaban J connectivity index is 1.62. The van der Waals surface area contributed by atoms with Crippen LogP contribution in [0.2, 0.25) is 0 Å². The Morgan fingerprint density at radius 1 is 1.23 bits per heavy atom. The largest absolute Gasteiger partial charge is 0.493 e. The van der Waals surface area contributed by atoms with Crippen LogP contribution in [0.1, 0.15) is 0 Å². The van der Waals surface area contributed by atoms with Gasteiger partial charge in [0.2, 0.25) is 0 Å². The average Bonchev–Trinajstić information content (AvgIpc) is 2.95. The van der Waals surface area contributed by atoms with Crippen molar-refractivity contribution in [2.45, 2.75) is 6.10 Å². The van der Waals surface area contributed by atoms with Crippen LogP contribution < -0.4 is 14.4 Å². The lowest BCUT2D eigenvalue weighted by molar-refractivity contribution is 0.104. The van der Waals surface area contributed by atoms with Gasteiger partial charge < -0.3 is 14.2 Å². The van der Waals surface area contributed by atoms with Gasteiger partial charge in [-0.15, -0.1) is 0 Å². The summed E-state index contributed by atoms with van der Waals surface area (Å²) in [4.78, 5) is 17.6. The van der Waals surface area contributed by atoms with E-state index in [0.717, 1.165) is 0 Å². The number of rotatable bonds is 5. The Bertz CT molecular complexity index is 648. The summed E-state index contributed by atoms with van der Waals surface area (Å²) >= 11 is 0. The lowest BCUT2D eigenvalue weighted by Crippen LogP contribution is -2.27. The van der Waals surface area contributed by atoms with Gasteiger partial charge in [-0.25, -0.2) is 9.78 Å². The number of para-hydroxylation sites is 2. The van der Waals surface area contributed by atoms with Gasteiger partial charge >= 0.3 is 6.09 Å². The Kier molecular flexibility index (Phi) is 4.09. The van der Waals surface area contributed by atoms with E-state index in [1.165, 1.54) is 4.90 Å². The molecule has 3 rings (SSSR count). The van der Waals surface area contributed by atoms with Crippen LogP contribution >= 0.6 is 0 Å². The summed E-state index contributed by atoms with van der Waals surface area (Å²) in [5, 5.41) is 0. The third-order valence-electron chi connectivity index (χ3n) is 3.29. The predicted molar refractivity (Wildman–Crippen MR) is 80.3 cm³/mol. The Hall–Kier alpha value is -2.76. The summed E-state index contributed by atoms with van der Waals surface area (Å²) in [5.41, 5.74) is 0. The molecule has 0 aliphatic carbocycles. The third kappa shape index (κ3) is 2.95. The van der Waals surface area contributed by atoms with Crippen LogP contribution in [0.15, 0.2) is 48.7 Å². The number of amides is 1. The summed E-state index contributed by atoms with van der Waals surface area (Å²) in [5.74, 6) is 1.85. The first-order valence-corrected chi connectivity index (χ1v) is 6.93. The molecule has 1 atom stereocenters. The molecule has 22 heavy (non-hydrogen) atoms.